The Bertz CT molecular complexity index is 2700. The van der Waals surface area contributed by atoms with Crippen molar-refractivity contribution < 1.29 is 0 Å². The number of hydrogen-bond acceptors (Lipinski definition) is 3. The number of fused-ring (bicyclic) bond motifs is 5. The van der Waals surface area contributed by atoms with Crippen molar-refractivity contribution in [1.29, 1.82) is 0 Å². The number of hydrogen-bond donors (Lipinski definition) is 0. The highest BCUT2D eigenvalue weighted by Gasteiger charge is 2.27. The summed E-state index contributed by atoms with van der Waals surface area (Å²) in [5, 5.41) is 7.22. The van der Waals surface area contributed by atoms with Crippen LogP contribution in [0.2, 0.25) is 0 Å². The van der Waals surface area contributed by atoms with Crippen LogP contribution in [0.5, 0.6) is 0 Å². The molecule has 0 spiro atoms. The summed E-state index contributed by atoms with van der Waals surface area (Å²) in [6, 6.07) is 58.4. The maximum atomic E-state index is 5.32. The first kappa shape index (κ1) is 26.0. The molecule has 47 heavy (non-hydrogen) atoms. The Labute approximate surface area is 272 Å². The Balaban J connectivity index is 1.25. The predicted molar refractivity (Wildman–Crippen MR) is 197 cm³/mol. The van der Waals surface area contributed by atoms with E-state index in [0.29, 0.717) is 0 Å². The molecule has 2 heterocycles. The van der Waals surface area contributed by atoms with E-state index in [-0.39, 0.29) is 0 Å². The van der Waals surface area contributed by atoms with E-state index in [4.69, 9.17) is 9.97 Å². The fraction of sp³-hybridized carbons (Fsp3) is 0. The van der Waals surface area contributed by atoms with E-state index in [9.17, 15) is 0 Å². The van der Waals surface area contributed by atoms with E-state index < -0.39 is 0 Å². The molecule has 9 aromatic rings. The van der Waals surface area contributed by atoms with Gasteiger partial charge in [0.2, 0.25) is 0 Å². The molecule has 3 nitrogen and oxygen atoms in total. The Kier molecular flexibility index (Phi) is 5.57. The van der Waals surface area contributed by atoms with Gasteiger partial charge in [-0.1, -0.05) is 121 Å². The molecule has 10 rings (SSSR count). The third kappa shape index (κ3) is 3.93. The zero-order chi connectivity index (χ0) is 30.9. The van der Waals surface area contributed by atoms with Gasteiger partial charge in [-0.25, -0.2) is 9.97 Å². The average Bonchev–Trinajstić information content (AvgIpc) is 3.14. The third-order valence-electron chi connectivity index (χ3n) is 9.55. The Hall–Kier alpha value is -6.32. The van der Waals surface area contributed by atoms with Crippen molar-refractivity contribution in [2.45, 2.75) is 0 Å². The van der Waals surface area contributed by atoms with Crippen LogP contribution >= 0.6 is 0 Å². The molecule has 0 N–H and O–H groups in total. The topological polar surface area (TPSA) is 29.0 Å². The number of nitrogens with zero attached hydrogens (tertiary/aromatic N) is 3. The van der Waals surface area contributed by atoms with Crippen molar-refractivity contribution in [3.05, 3.63) is 164 Å². The number of anilines is 3. The molecule has 0 radical (unpaired) electrons. The molecule has 0 amide bonds. The van der Waals surface area contributed by atoms with E-state index in [1.807, 2.05) is 18.2 Å². The van der Waals surface area contributed by atoms with E-state index >= 15 is 0 Å². The van der Waals surface area contributed by atoms with E-state index in [2.05, 4.69) is 150 Å². The summed E-state index contributed by atoms with van der Waals surface area (Å²) in [5.41, 5.74) is 11.7. The number of benzene rings is 8. The average molecular weight is 598 g/mol. The van der Waals surface area contributed by atoms with Crippen LogP contribution in [-0.2, 0) is 0 Å². The molecular weight excluding hydrogens is 571 g/mol. The minimum atomic E-state index is 0.883. The summed E-state index contributed by atoms with van der Waals surface area (Å²) >= 11 is 0. The zero-order valence-corrected chi connectivity index (χ0v) is 25.4. The fourth-order valence-electron chi connectivity index (χ4n) is 7.43. The summed E-state index contributed by atoms with van der Waals surface area (Å²) in [6.07, 6.45) is 0. The van der Waals surface area contributed by atoms with Gasteiger partial charge in [-0.2, -0.15) is 0 Å². The molecule has 0 unspecified atom stereocenters. The molecule has 0 atom stereocenters. The first-order valence-corrected chi connectivity index (χ1v) is 16.0. The first-order chi connectivity index (χ1) is 23.3. The van der Waals surface area contributed by atoms with Gasteiger partial charge in [-0.15, -0.1) is 0 Å². The highest BCUT2D eigenvalue weighted by molar-refractivity contribution is 6.17. The minimum absolute atomic E-state index is 0.883. The van der Waals surface area contributed by atoms with Crippen LogP contribution in [0.15, 0.2) is 164 Å². The molecule has 0 saturated carbocycles. The van der Waals surface area contributed by atoms with E-state index in [1.165, 1.54) is 44.0 Å². The molecule has 0 bridgehead atoms. The fourth-order valence-corrected chi connectivity index (χ4v) is 7.43. The summed E-state index contributed by atoms with van der Waals surface area (Å²) in [6.45, 7) is 0. The lowest BCUT2D eigenvalue weighted by molar-refractivity contribution is 1.29. The monoisotopic (exact) mass is 597 g/mol. The first-order valence-electron chi connectivity index (χ1n) is 16.0. The van der Waals surface area contributed by atoms with Crippen molar-refractivity contribution in [3.63, 3.8) is 0 Å². The predicted octanol–water partition coefficient (Wildman–Crippen LogP) is 11.9. The van der Waals surface area contributed by atoms with Crippen LogP contribution in [0.4, 0.5) is 17.1 Å². The SMILES string of the molecule is c1ccc2c(c1)-c1cccc3cccc(c13)N2c1ccc(-c2nc3ccccc3nc2-c2ccc3ccccc3c2)c2ccccc12. The lowest BCUT2D eigenvalue weighted by atomic mass is 9.90. The van der Waals surface area contributed by atoms with Crippen molar-refractivity contribution in [2.75, 3.05) is 4.90 Å². The smallest absolute Gasteiger partial charge is 0.0979 e. The second-order valence-corrected chi connectivity index (χ2v) is 12.2. The molecule has 0 aliphatic carbocycles. The van der Waals surface area contributed by atoms with Gasteiger partial charge in [-0.3, -0.25) is 0 Å². The molecule has 8 aromatic carbocycles. The molecular formula is C44H27N3. The maximum absolute atomic E-state index is 5.32. The molecule has 1 aromatic heterocycles. The second kappa shape index (κ2) is 10.1. The number of aromatic nitrogens is 2. The summed E-state index contributed by atoms with van der Waals surface area (Å²) < 4.78 is 0. The molecule has 0 saturated heterocycles. The third-order valence-corrected chi connectivity index (χ3v) is 9.55. The minimum Gasteiger partial charge on any atom is -0.309 e. The normalized spacial score (nSPS) is 12.2. The van der Waals surface area contributed by atoms with Crippen LogP contribution < -0.4 is 4.90 Å². The van der Waals surface area contributed by atoms with E-state index in [0.717, 1.165) is 50.0 Å². The van der Waals surface area contributed by atoms with Crippen LogP contribution in [0.25, 0.3) is 77.0 Å². The Morgan fingerprint density at radius 2 is 1.00 bits per heavy atom. The van der Waals surface area contributed by atoms with Crippen LogP contribution in [0.3, 0.4) is 0 Å². The standard InChI is InChI=1S/C44H27N3/c1-2-12-30-27-31(24-23-28(30)11-1)43-44(46-38-20-7-6-19-37(38)45-43)36-25-26-40(33-16-4-3-15-32(33)36)47-39-21-8-5-17-34(39)35-18-9-13-29-14-10-22-41(47)42(29)35/h1-27H. The second-order valence-electron chi connectivity index (χ2n) is 12.2. The van der Waals surface area contributed by atoms with Crippen molar-refractivity contribution in [1.82, 2.24) is 9.97 Å². The molecule has 1 aliphatic heterocycles. The van der Waals surface area contributed by atoms with Gasteiger partial charge in [0.1, 0.15) is 0 Å². The van der Waals surface area contributed by atoms with Crippen molar-refractivity contribution in [3.8, 4) is 33.6 Å². The van der Waals surface area contributed by atoms with Crippen LogP contribution in [0, 0.1) is 0 Å². The highest BCUT2D eigenvalue weighted by Crippen LogP contribution is 2.52. The van der Waals surface area contributed by atoms with Crippen LogP contribution in [-0.4, -0.2) is 9.97 Å². The molecule has 3 heteroatoms. The highest BCUT2D eigenvalue weighted by atomic mass is 15.2. The molecule has 218 valence electrons. The Morgan fingerprint density at radius 1 is 0.362 bits per heavy atom. The Morgan fingerprint density at radius 3 is 1.87 bits per heavy atom. The zero-order valence-electron chi connectivity index (χ0n) is 25.4. The van der Waals surface area contributed by atoms with Gasteiger partial charge < -0.3 is 4.90 Å². The molecule has 1 aliphatic rings. The lowest BCUT2D eigenvalue weighted by Gasteiger charge is -2.34. The van der Waals surface area contributed by atoms with Crippen molar-refractivity contribution in [2.24, 2.45) is 0 Å². The van der Waals surface area contributed by atoms with Gasteiger partial charge >= 0.3 is 0 Å². The summed E-state index contributed by atoms with van der Waals surface area (Å²) in [4.78, 5) is 13.0. The van der Waals surface area contributed by atoms with Crippen LogP contribution in [0.1, 0.15) is 0 Å². The molecule has 0 fully saturated rings. The van der Waals surface area contributed by atoms with Gasteiger partial charge in [0.25, 0.3) is 0 Å². The number of rotatable bonds is 3. The van der Waals surface area contributed by atoms with Gasteiger partial charge in [0, 0.05) is 27.5 Å². The quantitative estimate of drug-likeness (QED) is 0.203. The lowest BCUT2D eigenvalue weighted by Crippen LogP contribution is -2.15. The maximum Gasteiger partial charge on any atom is 0.0979 e. The largest absolute Gasteiger partial charge is 0.309 e. The van der Waals surface area contributed by atoms with Gasteiger partial charge in [-0.05, 0) is 69.6 Å². The van der Waals surface area contributed by atoms with Gasteiger partial charge in [0.05, 0.1) is 39.5 Å². The van der Waals surface area contributed by atoms with E-state index in [1.54, 1.807) is 0 Å². The van der Waals surface area contributed by atoms with Gasteiger partial charge in [0.15, 0.2) is 0 Å². The number of para-hydroxylation sites is 3. The summed E-state index contributed by atoms with van der Waals surface area (Å²) in [7, 11) is 0. The summed E-state index contributed by atoms with van der Waals surface area (Å²) in [5.74, 6) is 0. The van der Waals surface area contributed by atoms with Crippen molar-refractivity contribution >= 4 is 60.4 Å².